The predicted octanol–water partition coefficient (Wildman–Crippen LogP) is 4.66. The second-order valence-corrected chi connectivity index (χ2v) is 5.96. The van der Waals surface area contributed by atoms with Gasteiger partial charge in [0.05, 0.1) is 11.4 Å². The maximum absolute atomic E-state index is 13.0. The highest BCUT2D eigenvalue weighted by Gasteiger charge is 2.14. The molecule has 3 aromatic carbocycles. The summed E-state index contributed by atoms with van der Waals surface area (Å²) in [5.74, 6) is 0.592. The number of benzene rings is 3. The van der Waals surface area contributed by atoms with Gasteiger partial charge in [-0.1, -0.05) is 54.6 Å². The lowest BCUT2D eigenvalue weighted by molar-refractivity contribution is 0.852. The molecule has 27 heavy (non-hydrogen) atoms. The molecule has 5 nitrogen and oxygen atoms in total. The topological polar surface area (TPSA) is 62.2 Å². The van der Waals surface area contributed by atoms with E-state index in [2.05, 4.69) is 15.4 Å². The fourth-order valence-electron chi connectivity index (χ4n) is 2.74. The number of aromatic nitrogens is 2. The van der Waals surface area contributed by atoms with Crippen molar-refractivity contribution in [2.75, 3.05) is 5.32 Å². The van der Waals surface area contributed by atoms with Crippen molar-refractivity contribution >= 4 is 23.4 Å². The Hall–Kier alpha value is -3.86. The van der Waals surface area contributed by atoms with Crippen LogP contribution in [0.2, 0.25) is 0 Å². The van der Waals surface area contributed by atoms with Gasteiger partial charge >= 0.3 is 0 Å². The number of hydrogen-bond donors (Lipinski definition) is 2. The quantitative estimate of drug-likeness (QED) is 0.512. The number of aromatic amines is 1. The lowest BCUT2D eigenvalue weighted by atomic mass is 10.3. The van der Waals surface area contributed by atoms with Gasteiger partial charge in [0.1, 0.15) is 11.4 Å². The number of para-hydroxylation sites is 3. The third-order valence-electron chi connectivity index (χ3n) is 4.08. The van der Waals surface area contributed by atoms with Crippen LogP contribution in [0, 0.1) is 0 Å². The molecule has 1 heterocycles. The molecule has 5 heteroatoms. The van der Waals surface area contributed by atoms with Crippen molar-refractivity contribution in [3.8, 4) is 5.69 Å². The van der Waals surface area contributed by atoms with Crippen molar-refractivity contribution in [3.63, 3.8) is 0 Å². The standard InChI is InChI=1S/C22H18N4O/c27-22-20(16-23-17-10-4-1-5-11-17)21(24-18-12-6-2-7-13-18)25-26(22)19-14-8-3-9-15-19/h1-16,24-25H. The first kappa shape index (κ1) is 16.6. The van der Waals surface area contributed by atoms with Crippen LogP contribution in [0.15, 0.2) is 101 Å². The number of nitrogens with one attached hydrogen (secondary N) is 2. The van der Waals surface area contributed by atoms with Gasteiger partial charge in [-0.05, 0) is 36.4 Å². The highest BCUT2D eigenvalue weighted by molar-refractivity contribution is 5.89. The van der Waals surface area contributed by atoms with Crippen LogP contribution in [-0.2, 0) is 0 Å². The Morgan fingerprint density at radius 3 is 2.07 bits per heavy atom. The van der Waals surface area contributed by atoms with Crippen molar-refractivity contribution in [2.24, 2.45) is 4.99 Å². The van der Waals surface area contributed by atoms with E-state index in [1.165, 1.54) is 4.68 Å². The molecule has 0 unspecified atom stereocenters. The Bertz CT molecular complexity index is 1100. The van der Waals surface area contributed by atoms with Gasteiger partial charge in [0.15, 0.2) is 0 Å². The van der Waals surface area contributed by atoms with E-state index in [9.17, 15) is 4.79 Å². The number of anilines is 2. The van der Waals surface area contributed by atoms with E-state index in [-0.39, 0.29) is 5.56 Å². The van der Waals surface area contributed by atoms with Gasteiger partial charge in [-0.2, -0.15) is 0 Å². The molecule has 0 amide bonds. The van der Waals surface area contributed by atoms with Gasteiger partial charge in [0, 0.05) is 11.9 Å². The highest BCUT2D eigenvalue weighted by Crippen LogP contribution is 2.18. The number of H-pyrrole nitrogens is 1. The van der Waals surface area contributed by atoms with Gasteiger partial charge in [-0.3, -0.25) is 14.9 Å². The van der Waals surface area contributed by atoms with E-state index in [0.29, 0.717) is 11.4 Å². The van der Waals surface area contributed by atoms with Gasteiger partial charge in [0.25, 0.3) is 5.56 Å². The Labute approximate surface area is 156 Å². The molecule has 0 fully saturated rings. The zero-order valence-corrected chi connectivity index (χ0v) is 14.5. The summed E-state index contributed by atoms with van der Waals surface area (Å²) in [4.78, 5) is 17.5. The fourth-order valence-corrected chi connectivity index (χ4v) is 2.74. The van der Waals surface area contributed by atoms with Crippen LogP contribution in [0.4, 0.5) is 17.2 Å². The maximum atomic E-state index is 13.0. The molecule has 1 aromatic heterocycles. The molecule has 0 radical (unpaired) electrons. The minimum Gasteiger partial charge on any atom is -0.340 e. The molecule has 4 rings (SSSR count). The zero-order valence-electron chi connectivity index (χ0n) is 14.5. The summed E-state index contributed by atoms with van der Waals surface area (Å²) in [5, 5.41) is 6.43. The minimum absolute atomic E-state index is 0.167. The van der Waals surface area contributed by atoms with E-state index in [4.69, 9.17) is 0 Å². The van der Waals surface area contributed by atoms with Crippen LogP contribution in [0.25, 0.3) is 5.69 Å². The number of aliphatic imine (C=N–C) groups is 1. The molecule has 0 aliphatic carbocycles. The van der Waals surface area contributed by atoms with Crippen LogP contribution >= 0.6 is 0 Å². The molecule has 0 aliphatic heterocycles. The molecule has 132 valence electrons. The molecule has 4 aromatic rings. The monoisotopic (exact) mass is 354 g/mol. The Morgan fingerprint density at radius 1 is 0.815 bits per heavy atom. The Balaban J connectivity index is 1.78. The smallest absolute Gasteiger partial charge is 0.282 e. The average Bonchev–Trinajstić information content (AvgIpc) is 3.04. The van der Waals surface area contributed by atoms with E-state index in [1.54, 1.807) is 6.21 Å². The number of rotatable bonds is 5. The van der Waals surface area contributed by atoms with Crippen LogP contribution in [0.3, 0.4) is 0 Å². The van der Waals surface area contributed by atoms with E-state index < -0.39 is 0 Å². The first-order valence-electron chi connectivity index (χ1n) is 8.63. The molecule has 0 aliphatic rings. The summed E-state index contributed by atoms with van der Waals surface area (Å²) < 4.78 is 1.51. The SMILES string of the molecule is O=c1c(C=Nc2ccccc2)c(Nc2ccccc2)[nH]n1-c1ccccc1. The molecule has 0 saturated heterocycles. The Kier molecular flexibility index (Phi) is 4.66. The molecule has 0 atom stereocenters. The summed E-state index contributed by atoms with van der Waals surface area (Å²) in [6.07, 6.45) is 1.60. The maximum Gasteiger partial charge on any atom is 0.282 e. The molecule has 0 bridgehead atoms. The minimum atomic E-state index is -0.167. The van der Waals surface area contributed by atoms with Crippen molar-refractivity contribution in [1.82, 2.24) is 9.78 Å². The van der Waals surface area contributed by atoms with Crippen LogP contribution in [-0.4, -0.2) is 16.0 Å². The molecule has 2 N–H and O–H groups in total. The summed E-state index contributed by atoms with van der Waals surface area (Å²) in [5.41, 5.74) is 2.73. The lowest BCUT2D eigenvalue weighted by Crippen LogP contribution is -2.17. The summed E-state index contributed by atoms with van der Waals surface area (Å²) in [6, 6.07) is 28.7. The number of nitrogens with zero attached hydrogens (tertiary/aromatic N) is 2. The van der Waals surface area contributed by atoms with Gasteiger partial charge < -0.3 is 5.32 Å². The van der Waals surface area contributed by atoms with E-state index >= 15 is 0 Å². The normalized spacial score (nSPS) is 11.0. The molecular formula is C22H18N4O. The highest BCUT2D eigenvalue weighted by atomic mass is 16.1. The lowest BCUT2D eigenvalue weighted by Gasteiger charge is -2.05. The van der Waals surface area contributed by atoms with Crippen LogP contribution < -0.4 is 10.9 Å². The van der Waals surface area contributed by atoms with Crippen molar-refractivity contribution in [1.29, 1.82) is 0 Å². The van der Waals surface area contributed by atoms with Gasteiger partial charge in [-0.25, -0.2) is 4.68 Å². The first-order chi connectivity index (χ1) is 13.3. The molecule has 0 saturated carbocycles. The second kappa shape index (κ2) is 7.58. The largest absolute Gasteiger partial charge is 0.340 e. The van der Waals surface area contributed by atoms with Gasteiger partial charge in [0.2, 0.25) is 0 Å². The van der Waals surface area contributed by atoms with Crippen molar-refractivity contribution in [2.45, 2.75) is 0 Å². The average molecular weight is 354 g/mol. The van der Waals surface area contributed by atoms with Crippen molar-refractivity contribution in [3.05, 3.63) is 107 Å². The molecule has 0 spiro atoms. The van der Waals surface area contributed by atoms with Crippen LogP contribution in [0.5, 0.6) is 0 Å². The third kappa shape index (κ3) is 3.72. The summed E-state index contributed by atoms with van der Waals surface area (Å²) in [6.45, 7) is 0. The van der Waals surface area contributed by atoms with Crippen molar-refractivity contribution < 1.29 is 0 Å². The van der Waals surface area contributed by atoms with E-state index in [0.717, 1.165) is 17.1 Å². The second-order valence-electron chi connectivity index (χ2n) is 5.96. The van der Waals surface area contributed by atoms with E-state index in [1.807, 2.05) is 91.0 Å². The summed E-state index contributed by atoms with van der Waals surface area (Å²) in [7, 11) is 0. The zero-order chi connectivity index (χ0) is 18.5. The fraction of sp³-hybridized carbons (Fsp3) is 0. The first-order valence-corrected chi connectivity index (χ1v) is 8.63. The predicted molar refractivity (Wildman–Crippen MR) is 110 cm³/mol. The molecular weight excluding hydrogens is 336 g/mol. The summed E-state index contributed by atoms with van der Waals surface area (Å²) >= 11 is 0. The van der Waals surface area contributed by atoms with Gasteiger partial charge in [-0.15, -0.1) is 0 Å². The Morgan fingerprint density at radius 2 is 1.41 bits per heavy atom. The van der Waals surface area contributed by atoms with Crippen LogP contribution in [0.1, 0.15) is 5.56 Å². The third-order valence-corrected chi connectivity index (χ3v) is 4.08. The number of hydrogen-bond acceptors (Lipinski definition) is 3.